The van der Waals surface area contributed by atoms with E-state index in [2.05, 4.69) is 17.1 Å². The van der Waals surface area contributed by atoms with Crippen LogP contribution < -0.4 is 10.2 Å². The molecule has 1 aromatic rings. The quantitative estimate of drug-likeness (QED) is 0.871. The molecule has 0 bridgehead atoms. The molecule has 3 nitrogen and oxygen atoms in total. The largest absolute Gasteiger partial charge is 0.370 e. The van der Waals surface area contributed by atoms with Gasteiger partial charge in [0.1, 0.15) is 17.4 Å². The molecule has 0 radical (unpaired) electrons. The highest BCUT2D eigenvalue weighted by Crippen LogP contribution is 2.28. The van der Waals surface area contributed by atoms with Crippen molar-refractivity contribution >= 4 is 5.69 Å². The Labute approximate surface area is 107 Å². The molecular formula is C14H18FN3. The van der Waals surface area contributed by atoms with Gasteiger partial charge in [-0.25, -0.2) is 4.39 Å². The van der Waals surface area contributed by atoms with Crippen LogP contribution in [0.3, 0.4) is 0 Å². The summed E-state index contributed by atoms with van der Waals surface area (Å²) in [5, 5.41) is 12.4. The van der Waals surface area contributed by atoms with E-state index >= 15 is 0 Å². The molecule has 18 heavy (non-hydrogen) atoms. The Hall–Kier alpha value is -1.60. The molecule has 0 aromatic heterocycles. The first kappa shape index (κ1) is 12.8. The molecule has 1 aliphatic heterocycles. The summed E-state index contributed by atoms with van der Waals surface area (Å²) in [6.45, 7) is 3.88. The average Bonchev–Trinajstić information content (AvgIpc) is 2.39. The van der Waals surface area contributed by atoms with Gasteiger partial charge in [-0.05, 0) is 38.9 Å². The molecular weight excluding hydrogens is 229 g/mol. The van der Waals surface area contributed by atoms with Gasteiger partial charge in [-0.1, -0.05) is 6.07 Å². The lowest BCUT2D eigenvalue weighted by molar-refractivity contribution is 0.305. The van der Waals surface area contributed by atoms with E-state index in [9.17, 15) is 4.39 Å². The fourth-order valence-electron chi connectivity index (χ4n) is 2.38. The number of rotatable bonds is 2. The summed E-state index contributed by atoms with van der Waals surface area (Å²) < 4.78 is 13.6. The Morgan fingerprint density at radius 1 is 1.39 bits per heavy atom. The zero-order valence-corrected chi connectivity index (χ0v) is 10.8. The molecule has 2 rings (SSSR count). The average molecular weight is 247 g/mol. The Balaban J connectivity index is 2.21. The monoisotopic (exact) mass is 247 g/mol. The van der Waals surface area contributed by atoms with Crippen molar-refractivity contribution in [2.24, 2.45) is 0 Å². The van der Waals surface area contributed by atoms with E-state index in [1.54, 1.807) is 6.07 Å². The lowest BCUT2D eigenvalue weighted by Gasteiger charge is -2.40. The molecule has 0 amide bonds. The molecule has 1 N–H and O–H groups in total. The maximum absolute atomic E-state index is 13.6. The van der Waals surface area contributed by atoms with Crippen LogP contribution in [0.2, 0.25) is 0 Å². The van der Waals surface area contributed by atoms with Crippen LogP contribution in [0.4, 0.5) is 10.1 Å². The van der Waals surface area contributed by atoms with E-state index in [0.717, 1.165) is 31.6 Å². The molecule has 1 aromatic carbocycles. The fraction of sp³-hybridized carbons (Fsp3) is 0.500. The minimum Gasteiger partial charge on any atom is -0.370 e. The van der Waals surface area contributed by atoms with Crippen LogP contribution >= 0.6 is 0 Å². The van der Waals surface area contributed by atoms with E-state index in [1.807, 2.05) is 19.2 Å². The lowest BCUT2D eigenvalue weighted by atomic mass is 9.89. The first-order valence-corrected chi connectivity index (χ1v) is 6.22. The second kappa shape index (κ2) is 4.95. The number of benzene rings is 1. The highest BCUT2D eigenvalue weighted by Gasteiger charge is 2.29. The van der Waals surface area contributed by atoms with Gasteiger partial charge in [0.15, 0.2) is 0 Å². The van der Waals surface area contributed by atoms with Crippen LogP contribution in [0.25, 0.3) is 0 Å². The molecule has 0 unspecified atom stereocenters. The molecule has 1 saturated heterocycles. The molecule has 1 aliphatic rings. The van der Waals surface area contributed by atoms with E-state index in [0.29, 0.717) is 0 Å². The summed E-state index contributed by atoms with van der Waals surface area (Å²) in [6.07, 6.45) is 1.98. The third-order valence-electron chi connectivity index (χ3n) is 3.91. The molecule has 0 aliphatic carbocycles. The van der Waals surface area contributed by atoms with Gasteiger partial charge in [0.05, 0.1) is 5.69 Å². The van der Waals surface area contributed by atoms with Crippen molar-refractivity contribution < 1.29 is 4.39 Å². The Morgan fingerprint density at radius 3 is 2.61 bits per heavy atom. The van der Waals surface area contributed by atoms with Gasteiger partial charge in [0.25, 0.3) is 0 Å². The van der Waals surface area contributed by atoms with Crippen molar-refractivity contribution in [1.82, 2.24) is 5.32 Å². The maximum atomic E-state index is 13.6. The minimum absolute atomic E-state index is 0.149. The molecule has 96 valence electrons. The smallest absolute Gasteiger partial charge is 0.143 e. The second-order valence-electron chi connectivity index (χ2n) is 5.04. The highest BCUT2D eigenvalue weighted by molar-refractivity contribution is 5.60. The Morgan fingerprint density at radius 2 is 2.06 bits per heavy atom. The zero-order chi connectivity index (χ0) is 13.2. The maximum Gasteiger partial charge on any atom is 0.143 e. The number of hydrogen-bond acceptors (Lipinski definition) is 3. The van der Waals surface area contributed by atoms with Gasteiger partial charge in [-0.15, -0.1) is 0 Å². The van der Waals surface area contributed by atoms with Crippen molar-refractivity contribution in [2.45, 2.75) is 25.3 Å². The Bertz CT molecular complexity index is 470. The second-order valence-corrected chi connectivity index (χ2v) is 5.04. The van der Waals surface area contributed by atoms with Gasteiger partial charge in [0.2, 0.25) is 0 Å². The number of nitriles is 1. The summed E-state index contributed by atoms with van der Waals surface area (Å²) in [6, 6.07) is 6.79. The number of nitrogens with zero attached hydrogens (tertiary/aromatic N) is 2. The van der Waals surface area contributed by atoms with Crippen LogP contribution in [0.5, 0.6) is 0 Å². The van der Waals surface area contributed by atoms with Crippen molar-refractivity contribution in [3.8, 4) is 6.07 Å². The standard InChI is InChI=1S/C14H18FN3/c1-14(17-2)6-8-18(9-7-14)13-5-3-4-12(15)11(13)10-16/h3-5,17H,6-9H2,1-2H3. The summed E-state index contributed by atoms with van der Waals surface area (Å²) in [5.41, 5.74) is 1.03. The molecule has 0 spiro atoms. The van der Waals surface area contributed by atoms with Crippen molar-refractivity contribution in [3.05, 3.63) is 29.6 Å². The summed E-state index contributed by atoms with van der Waals surface area (Å²) in [7, 11) is 1.97. The van der Waals surface area contributed by atoms with E-state index < -0.39 is 5.82 Å². The molecule has 1 fully saturated rings. The number of nitrogens with one attached hydrogen (secondary N) is 1. The van der Waals surface area contributed by atoms with Gasteiger partial charge in [-0.2, -0.15) is 5.26 Å². The van der Waals surface area contributed by atoms with Crippen molar-refractivity contribution in [1.29, 1.82) is 5.26 Å². The van der Waals surface area contributed by atoms with Crippen LogP contribution in [0.15, 0.2) is 18.2 Å². The van der Waals surface area contributed by atoms with Gasteiger partial charge in [0, 0.05) is 18.6 Å². The normalized spacial score (nSPS) is 18.4. The molecule has 1 heterocycles. The predicted octanol–water partition coefficient (Wildman–Crippen LogP) is 2.28. The first-order chi connectivity index (χ1) is 8.59. The minimum atomic E-state index is -0.433. The fourth-order valence-corrected chi connectivity index (χ4v) is 2.38. The van der Waals surface area contributed by atoms with Crippen LogP contribution in [0.1, 0.15) is 25.3 Å². The van der Waals surface area contributed by atoms with E-state index in [-0.39, 0.29) is 11.1 Å². The van der Waals surface area contributed by atoms with Crippen LogP contribution in [-0.4, -0.2) is 25.7 Å². The summed E-state index contributed by atoms with van der Waals surface area (Å²) in [4.78, 5) is 2.10. The third kappa shape index (κ3) is 2.32. The number of anilines is 1. The molecule has 0 atom stereocenters. The lowest BCUT2D eigenvalue weighted by Crippen LogP contribution is -2.50. The topological polar surface area (TPSA) is 39.1 Å². The Kier molecular flexibility index (Phi) is 3.53. The van der Waals surface area contributed by atoms with E-state index in [4.69, 9.17) is 5.26 Å². The van der Waals surface area contributed by atoms with Crippen LogP contribution in [-0.2, 0) is 0 Å². The van der Waals surface area contributed by atoms with Gasteiger partial charge >= 0.3 is 0 Å². The summed E-state index contributed by atoms with van der Waals surface area (Å²) in [5.74, 6) is -0.433. The van der Waals surface area contributed by atoms with Gasteiger partial charge in [-0.3, -0.25) is 0 Å². The zero-order valence-electron chi connectivity index (χ0n) is 10.8. The number of piperidine rings is 1. The van der Waals surface area contributed by atoms with Crippen LogP contribution in [0, 0.1) is 17.1 Å². The predicted molar refractivity (Wildman–Crippen MR) is 70.0 cm³/mol. The van der Waals surface area contributed by atoms with Crippen molar-refractivity contribution in [2.75, 3.05) is 25.0 Å². The molecule has 4 heteroatoms. The third-order valence-corrected chi connectivity index (χ3v) is 3.91. The summed E-state index contributed by atoms with van der Waals surface area (Å²) >= 11 is 0. The van der Waals surface area contributed by atoms with Crippen molar-refractivity contribution in [3.63, 3.8) is 0 Å². The van der Waals surface area contributed by atoms with E-state index in [1.165, 1.54) is 6.07 Å². The van der Waals surface area contributed by atoms with Gasteiger partial charge < -0.3 is 10.2 Å². The molecule has 0 saturated carbocycles. The SMILES string of the molecule is CNC1(C)CCN(c2cccc(F)c2C#N)CC1. The number of hydrogen-bond donors (Lipinski definition) is 1. The number of halogens is 1. The highest BCUT2D eigenvalue weighted by atomic mass is 19.1. The first-order valence-electron chi connectivity index (χ1n) is 6.22.